The number of rotatable bonds is 3. The number of esters is 1. The summed E-state index contributed by atoms with van der Waals surface area (Å²) in [7, 11) is 0. The summed E-state index contributed by atoms with van der Waals surface area (Å²) in [4.78, 5) is 30.2. The predicted molar refractivity (Wildman–Crippen MR) is 156 cm³/mol. The molecule has 3 aromatic rings. The second-order valence-corrected chi connectivity index (χ2v) is 14.0. The summed E-state index contributed by atoms with van der Waals surface area (Å²) >= 11 is 19.1. The minimum Gasteiger partial charge on any atom is -0.458 e. The Morgan fingerprint density at radius 3 is 2.03 bits per heavy atom. The molecule has 2 atom stereocenters. The monoisotopic (exact) mass is 579 g/mol. The molecule has 0 radical (unpaired) electrons. The van der Waals surface area contributed by atoms with Crippen LogP contribution >= 0.6 is 34.8 Å². The van der Waals surface area contributed by atoms with Crippen molar-refractivity contribution in [1.82, 2.24) is 9.38 Å². The third kappa shape index (κ3) is 5.20. The van der Waals surface area contributed by atoms with Gasteiger partial charge in [0.15, 0.2) is 0 Å². The van der Waals surface area contributed by atoms with E-state index in [0.717, 1.165) is 12.8 Å². The van der Waals surface area contributed by atoms with Gasteiger partial charge in [0.2, 0.25) is 0 Å². The lowest BCUT2D eigenvalue weighted by atomic mass is 9.59. The Hall–Kier alpha value is -2.15. The van der Waals surface area contributed by atoms with Crippen molar-refractivity contribution in [3.8, 4) is 11.1 Å². The van der Waals surface area contributed by atoms with Gasteiger partial charge < -0.3 is 15.5 Å². The molecular formula is C29H36Cl3N3O3. The van der Waals surface area contributed by atoms with Crippen molar-refractivity contribution in [3.63, 3.8) is 0 Å². The first kappa shape index (κ1) is 28.8. The number of nitrogens with one attached hydrogen (secondary N) is 1. The lowest BCUT2D eigenvalue weighted by Crippen LogP contribution is -2.49. The molecule has 2 unspecified atom stereocenters. The molecule has 206 valence electrons. The number of halogens is 3. The fourth-order valence-corrected chi connectivity index (χ4v) is 6.50. The molecule has 1 aliphatic rings. The summed E-state index contributed by atoms with van der Waals surface area (Å²) in [6, 6.07) is 6.88. The van der Waals surface area contributed by atoms with Crippen LogP contribution in [0.3, 0.4) is 0 Å². The average Bonchev–Trinajstić information content (AvgIpc) is 3.09. The lowest BCUT2D eigenvalue weighted by molar-refractivity contribution is -0.0922. The van der Waals surface area contributed by atoms with Crippen molar-refractivity contribution in [3.05, 3.63) is 55.4 Å². The number of carbonyl (C=O) groups excluding carboxylic acids is 1. The van der Waals surface area contributed by atoms with Crippen molar-refractivity contribution < 1.29 is 9.53 Å². The molecule has 3 N–H and O–H groups in total. The molecule has 4 rings (SSSR count). The first-order valence-electron chi connectivity index (χ1n) is 12.9. The zero-order chi connectivity index (χ0) is 28.3. The smallest absolute Gasteiger partial charge is 0.342 e. The summed E-state index contributed by atoms with van der Waals surface area (Å²) in [6.07, 6.45) is 1.57. The summed E-state index contributed by atoms with van der Waals surface area (Å²) in [6.45, 7) is 15.4. The van der Waals surface area contributed by atoms with Crippen LogP contribution < -0.4 is 11.3 Å². The predicted octanol–water partition coefficient (Wildman–Crippen LogP) is 8.12. The summed E-state index contributed by atoms with van der Waals surface area (Å²) < 4.78 is 7.66. The van der Waals surface area contributed by atoms with Crippen molar-refractivity contribution >= 4 is 52.2 Å². The van der Waals surface area contributed by atoms with Gasteiger partial charge in [0, 0.05) is 22.4 Å². The van der Waals surface area contributed by atoms with Crippen LogP contribution in [0.25, 0.3) is 16.8 Å². The minimum absolute atomic E-state index is 0.0365. The Balaban J connectivity index is 1.94. The van der Waals surface area contributed by atoms with E-state index in [0.29, 0.717) is 22.1 Å². The van der Waals surface area contributed by atoms with Crippen LogP contribution in [0.5, 0.6) is 0 Å². The molecule has 0 saturated heterocycles. The normalized spacial score (nSPS) is 22.6. The number of nitrogens with zero attached hydrogens (tertiary/aromatic N) is 1. The average molecular weight is 581 g/mol. The summed E-state index contributed by atoms with van der Waals surface area (Å²) in [5.74, 6) is 0.162. The van der Waals surface area contributed by atoms with E-state index in [1.807, 2.05) is 0 Å². The Kier molecular flexibility index (Phi) is 7.67. The Morgan fingerprint density at radius 2 is 1.53 bits per heavy atom. The van der Waals surface area contributed by atoms with E-state index in [9.17, 15) is 9.59 Å². The molecule has 2 aromatic heterocycles. The molecule has 9 heteroatoms. The molecule has 2 heterocycles. The molecular weight excluding hydrogens is 545 g/mol. The minimum atomic E-state index is -0.621. The number of carbonyl (C=O) groups is 1. The molecule has 0 spiro atoms. The summed E-state index contributed by atoms with van der Waals surface area (Å²) in [5, 5.41) is 0.353. The zero-order valence-corrected chi connectivity index (χ0v) is 25.2. The Labute approximate surface area is 238 Å². The fourth-order valence-electron chi connectivity index (χ4n) is 5.88. The first-order valence-corrected chi connectivity index (χ1v) is 14.0. The number of hydrogen-bond donors (Lipinski definition) is 2. The van der Waals surface area contributed by atoms with E-state index in [2.05, 4.69) is 53.5 Å². The maximum Gasteiger partial charge on any atom is 0.342 e. The number of ether oxygens (including phenoxy) is 1. The molecule has 1 aliphatic carbocycles. The van der Waals surface area contributed by atoms with Gasteiger partial charge in [-0.05, 0) is 47.3 Å². The number of aromatic amines is 1. The van der Waals surface area contributed by atoms with E-state index in [-0.39, 0.29) is 56.0 Å². The van der Waals surface area contributed by atoms with Crippen LogP contribution in [0.2, 0.25) is 15.2 Å². The molecule has 38 heavy (non-hydrogen) atoms. The van der Waals surface area contributed by atoms with Gasteiger partial charge in [-0.1, -0.05) is 95.4 Å². The largest absolute Gasteiger partial charge is 0.458 e. The molecule has 1 aromatic carbocycles. The quantitative estimate of drug-likeness (QED) is 0.306. The second-order valence-electron chi connectivity index (χ2n) is 12.8. The highest BCUT2D eigenvalue weighted by molar-refractivity contribution is 6.35. The SMILES string of the molecule is CC1CC(C(C)(C)C)C(OC(=O)c2c(-c3ccc(Cl)cc3)c(Cl)n3c(=O)c(Cl)c(N)[nH]c23)C(C(C)(C)C)C1. The van der Waals surface area contributed by atoms with Crippen LogP contribution in [0.1, 0.15) is 71.7 Å². The topological polar surface area (TPSA) is 89.6 Å². The van der Waals surface area contributed by atoms with Crippen LogP contribution in [0.4, 0.5) is 5.82 Å². The summed E-state index contributed by atoms with van der Waals surface area (Å²) in [5.41, 5.74) is 6.45. The van der Waals surface area contributed by atoms with E-state index in [4.69, 9.17) is 45.3 Å². The van der Waals surface area contributed by atoms with Crippen molar-refractivity contribution in [2.75, 3.05) is 5.73 Å². The molecule has 0 amide bonds. The number of nitrogens with two attached hydrogens (primary N) is 1. The van der Waals surface area contributed by atoms with Crippen molar-refractivity contribution in [1.29, 1.82) is 0 Å². The van der Waals surface area contributed by atoms with Crippen LogP contribution in [-0.2, 0) is 4.74 Å². The molecule has 0 bridgehead atoms. The first-order chi connectivity index (χ1) is 17.5. The van der Waals surface area contributed by atoms with Crippen LogP contribution in [0, 0.1) is 28.6 Å². The highest BCUT2D eigenvalue weighted by Gasteiger charge is 2.48. The van der Waals surface area contributed by atoms with Gasteiger partial charge in [0.25, 0.3) is 5.56 Å². The number of aromatic nitrogens is 2. The maximum atomic E-state index is 14.2. The van der Waals surface area contributed by atoms with E-state index in [1.165, 1.54) is 4.40 Å². The second kappa shape index (κ2) is 10.1. The number of anilines is 1. The standard InChI is InChI=1S/C29H36Cl3N3O3/c1-14-12-17(28(2,3)4)22(18(13-14)29(5,6)7)38-27(37)20-19(15-8-10-16(30)11-9-15)23(32)35-25(20)34-24(33)21(31)26(35)36/h8-11,14,17-18,22,34H,12-13,33H2,1-7H3. The number of H-pyrrole nitrogens is 1. The number of benzene rings is 1. The van der Waals surface area contributed by atoms with Gasteiger partial charge in [-0.3, -0.25) is 4.79 Å². The molecule has 6 nitrogen and oxygen atoms in total. The van der Waals surface area contributed by atoms with Gasteiger partial charge in [-0.25, -0.2) is 9.20 Å². The van der Waals surface area contributed by atoms with Crippen molar-refractivity contribution in [2.45, 2.75) is 67.4 Å². The van der Waals surface area contributed by atoms with Crippen LogP contribution in [0.15, 0.2) is 29.1 Å². The number of nitrogen functional groups attached to an aromatic ring is 1. The van der Waals surface area contributed by atoms with E-state index in [1.54, 1.807) is 24.3 Å². The van der Waals surface area contributed by atoms with Gasteiger partial charge >= 0.3 is 5.97 Å². The maximum absolute atomic E-state index is 14.2. The van der Waals surface area contributed by atoms with Gasteiger partial charge in [0.05, 0.1) is 0 Å². The van der Waals surface area contributed by atoms with Gasteiger partial charge in [-0.2, -0.15) is 0 Å². The Morgan fingerprint density at radius 1 is 1.00 bits per heavy atom. The van der Waals surface area contributed by atoms with Crippen LogP contribution in [-0.4, -0.2) is 21.5 Å². The molecule has 1 fully saturated rings. The molecule has 0 aliphatic heterocycles. The van der Waals surface area contributed by atoms with Crippen molar-refractivity contribution in [2.24, 2.45) is 28.6 Å². The zero-order valence-electron chi connectivity index (χ0n) is 22.9. The Bertz CT molecular complexity index is 1400. The van der Waals surface area contributed by atoms with E-state index >= 15 is 0 Å². The third-order valence-electron chi connectivity index (χ3n) is 7.90. The van der Waals surface area contributed by atoms with Gasteiger partial charge in [-0.15, -0.1) is 0 Å². The number of fused-ring (bicyclic) bond motifs is 1. The van der Waals surface area contributed by atoms with Gasteiger partial charge in [0.1, 0.15) is 33.3 Å². The number of hydrogen-bond acceptors (Lipinski definition) is 4. The highest BCUT2D eigenvalue weighted by Crippen LogP contribution is 2.50. The lowest BCUT2D eigenvalue weighted by Gasteiger charge is -2.50. The van der Waals surface area contributed by atoms with E-state index < -0.39 is 11.5 Å². The third-order valence-corrected chi connectivity index (χ3v) is 8.88. The molecule has 1 saturated carbocycles. The highest BCUT2D eigenvalue weighted by atomic mass is 35.5. The fraction of sp³-hybridized carbons (Fsp3) is 0.517.